The van der Waals surface area contributed by atoms with Gasteiger partial charge in [0.1, 0.15) is 18.1 Å². The highest BCUT2D eigenvalue weighted by molar-refractivity contribution is 5.62. The fraction of sp³-hybridized carbons (Fsp3) is 0.471. The predicted octanol–water partition coefficient (Wildman–Crippen LogP) is 6.84. The van der Waals surface area contributed by atoms with Crippen LogP contribution in [0.5, 0.6) is 23.0 Å². The van der Waals surface area contributed by atoms with Crippen LogP contribution >= 0.6 is 0 Å². The summed E-state index contributed by atoms with van der Waals surface area (Å²) in [7, 11) is 5.53. The van der Waals surface area contributed by atoms with E-state index in [1.54, 1.807) is 20.3 Å². The number of nitrogens with one attached hydrogen (secondary N) is 1. The largest absolute Gasteiger partial charge is 0.508 e. The lowest BCUT2D eigenvalue weighted by Crippen LogP contribution is -2.25. The third-order valence-corrected chi connectivity index (χ3v) is 7.93. The molecule has 0 spiro atoms. The summed E-state index contributed by atoms with van der Waals surface area (Å²) < 4.78 is 17.2. The number of nitrogens with zero attached hydrogens (tertiary/aromatic N) is 1. The van der Waals surface area contributed by atoms with Gasteiger partial charge in [-0.3, -0.25) is 0 Å². The molecule has 0 saturated heterocycles. The van der Waals surface area contributed by atoms with Gasteiger partial charge in [0.2, 0.25) is 0 Å². The maximum Gasteiger partial charge on any atom is 0.162 e. The molecule has 216 valence electrons. The molecule has 6 heteroatoms. The van der Waals surface area contributed by atoms with Crippen molar-refractivity contribution in [3.05, 3.63) is 76.9 Å². The second-order valence-electron chi connectivity index (χ2n) is 10.9. The molecule has 4 rings (SSSR count). The minimum absolute atomic E-state index is 0.346. The Kier molecular flexibility index (Phi) is 11.0. The number of aryl methyl sites for hydroxylation is 2. The number of hydrogen-bond acceptors (Lipinski definition) is 6. The first-order chi connectivity index (χ1) is 19.5. The minimum Gasteiger partial charge on any atom is -0.508 e. The van der Waals surface area contributed by atoms with Gasteiger partial charge in [0.05, 0.1) is 14.2 Å². The van der Waals surface area contributed by atoms with Gasteiger partial charge in [-0.05, 0) is 111 Å². The summed E-state index contributed by atoms with van der Waals surface area (Å²) in [6, 6.07) is 18.5. The number of ether oxygens (including phenoxy) is 3. The number of unbranched alkanes of at least 4 members (excludes halogenated alkanes) is 1. The van der Waals surface area contributed by atoms with Crippen molar-refractivity contribution in [1.82, 2.24) is 4.90 Å². The number of hydrogen-bond donors (Lipinski definition) is 2. The number of likely N-dealkylation sites (N-methyl/N-ethyl adjacent to an activating group) is 1. The van der Waals surface area contributed by atoms with Crippen molar-refractivity contribution in [1.29, 1.82) is 0 Å². The molecule has 0 bridgehead atoms. The highest BCUT2D eigenvalue weighted by atomic mass is 16.5. The van der Waals surface area contributed by atoms with Gasteiger partial charge in [-0.25, -0.2) is 0 Å². The lowest BCUT2D eigenvalue weighted by Gasteiger charge is -2.28. The van der Waals surface area contributed by atoms with Gasteiger partial charge in [0, 0.05) is 24.8 Å². The number of anilines is 1. The second kappa shape index (κ2) is 14.8. The van der Waals surface area contributed by atoms with Crippen LogP contribution in [-0.4, -0.2) is 57.5 Å². The summed E-state index contributed by atoms with van der Waals surface area (Å²) in [4.78, 5) is 2.33. The Bertz CT molecular complexity index is 1210. The normalized spacial score (nSPS) is 14.6. The summed E-state index contributed by atoms with van der Waals surface area (Å²) in [5, 5.41) is 13.6. The molecule has 0 aromatic heterocycles. The molecule has 2 N–H and O–H groups in total. The molecule has 0 radical (unpaired) electrons. The van der Waals surface area contributed by atoms with E-state index in [0.717, 1.165) is 74.7 Å². The van der Waals surface area contributed by atoms with Gasteiger partial charge in [-0.2, -0.15) is 0 Å². The van der Waals surface area contributed by atoms with Crippen LogP contribution in [0.25, 0.3) is 0 Å². The number of benzene rings is 3. The van der Waals surface area contributed by atoms with Crippen LogP contribution in [0.4, 0.5) is 5.69 Å². The third-order valence-electron chi connectivity index (χ3n) is 7.93. The zero-order valence-electron chi connectivity index (χ0n) is 24.7. The summed E-state index contributed by atoms with van der Waals surface area (Å²) in [6.45, 7) is 5.87. The lowest BCUT2D eigenvalue weighted by molar-refractivity contribution is 0.235. The smallest absolute Gasteiger partial charge is 0.162 e. The zero-order valence-corrected chi connectivity index (χ0v) is 24.7. The van der Waals surface area contributed by atoms with E-state index in [4.69, 9.17) is 14.2 Å². The maximum absolute atomic E-state index is 9.89. The first-order valence-corrected chi connectivity index (χ1v) is 14.7. The molecule has 1 aliphatic rings. The lowest BCUT2D eigenvalue weighted by atomic mass is 9.79. The van der Waals surface area contributed by atoms with Crippen molar-refractivity contribution in [2.45, 2.75) is 57.8 Å². The predicted molar refractivity (Wildman–Crippen MR) is 164 cm³/mol. The maximum atomic E-state index is 9.89. The molecule has 0 amide bonds. The first-order valence-electron chi connectivity index (χ1n) is 14.7. The highest BCUT2D eigenvalue weighted by Gasteiger charge is 2.24. The molecule has 0 unspecified atom stereocenters. The average molecular weight is 547 g/mol. The fourth-order valence-corrected chi connectivity index (χ4v) is 5.52. The SMILES string of the molecule is CCCCN(C)CCOc1ccc(CCCNc2cc(OC)c(OC)cc2[C@@H]2CCc3cc(O)ccc3C2)cc1. The summed E-state index contributed by atoms with van der Waals surface area (Å²) in [5.74, 6) is 3.15. The van der Waals surface area contributed by atoms with Crippen molar-refractivity contribution in [2.75, 3.05) is 52.8 Å². The van der Waals surface area contributed by atoms with E-state index in [1.807, 2.05) is 6.07 Å². The highest BCUT2D eigenvalue weighted by Crippen LogP contribution is 2.42. The van der Waals surface area contributed by atoms with Crippen LogP contribution in [-0.2, 0) is 19.3 Å². The number of methoxy groups -OCH3 is 2. The quantitative estimate of drug-likeness (QED) is 0.204. The molecule has 0 heterocycles. The average Bonchev–Trinajstić information content (AvgIpc) is 2.98. The molecule has 3 aromatic rings. The zero-order chi connectivity index (χ0) is 28.3. The van der Waals surface area contributed by atoms with Crippen LogP contribution < -0.4 is 19.5 Å². The Morgan fingerprint density at radius 1 is 0.925 bits per heavy atom. The van der Waals surface area contributed by atoms with Gasteiger partial charge in [0.15, 0.2) is 11.5 Å². The molecular weight excluding hydrogens is 500 g/mol. The summed E-state index contributed by atoms with van der Waals surface area (Å²) in [6.07, 6.45) is 7.40. The van der Waals surface area contributed by atoms with Crippen molar-refractivity contribution < 1.29 is 19.3 Å². The molecule has 3 aromatic carbocycles. The van der Waals surface area contributed by atoms with Gasteiger partial charge in [-0.15, -0.1) is 0 Å². The summed E-state index contributed by atoms with van der Waals surface area (Å²) >= 11 is 0. The molecule has 0 saturated carbocycles. The number of rotatable bonds is 15. The molecule has 0 fully saturated rings. The van der Waals surface area contributed by atoms with E-state index in [0.29, 0.717) is 18.3 Å². The topological polar surface area (TPSA) is 63.2 Å². The van der Waals surface area contributed by atoms with Crippen molar-refractivity contribution in [2.24, 2.45) is 0 Å². The van der Waals surface area contributed by atoms with Crippen molar-refractivity contribution >= 4 is 5.69 Å². The van der Waals surface area contributed by atoms with Crippen LogP contribution in [0.1, 0.15) is 60.8 Å². The van der Waals surface area contributed by atoms with Gasteiger partial charge in [-0.1, -0.05) is 31.5 Å². The molecular formula is C34H46N2O4. The number of aromatic hydroxyl groups is 1. The molecule has 6 nitrogen and oxygen atoms in total. The van der Waals surface area contributed by atoms with E-state index in [9.17, 15) is 5.11 Å². The van der Waals surface area contributed by atoms with Gasteiger partial charge < -0.3 is 29.5 Å². The molecule has 40 heavy (non-hydrogen) atoms. The summed E-state index contributed by atoms with van der Waals surface area (Å²) in [5.41, 5.74) is 6.25. The Hall–Kier alpha value is -3.38. The van der Waals surface area contributed by atoms with E-state index in [1.165, 1.54) is 35.1 Å². The van der Waals surface area contributed by atoms with E-state index >= 15 is 0 Å². The standard InChI is InChI=1S/C34H46N2O4/c1-5-6-18-36(2)19-20-40-30-15-9-25(10-16-30)8-7-17-35-32-24-34(39-4)33(38-3)23-31(32)28-12-11-27-22-29(37)14-13-26(27)21-28/h9-10,13-16,22-24,28,35,37H,5-8,11-12,17-21H2,1-4H3/t28-/m1/s1. The Balaban J connectivity index is 1.32. The Labute approximate surface area is 240 Å². The van der Waals surface area contributed by atoms with Crippen LogP contribution in [0.3, 0.4) is 0 Å². The second-order valence-corrected chi connectivity index (χ2v) is 10.9. The van der Waals surface area contributed by atoms with Crippen LogP contribution in [0.15, 0.2) is 54.6 Å². The van der Waals surface area contributed by atoms with E-state index in [2.05, 4.69) is 66.7 Å². The molecule has 1 atom stereocenters. The van der Waals surface area contributed by atoms with Gasteiger partial charge >= 0.3 is 0 Å². The number of fused-ring (bicyclic) bond motifs is 1. The van der Waals surface area contributed by atoms with E-state index < -0.39 is 0 Å². The van der Waals surface area contributed by atoms with Crippen LogP contribution in [0.2, 0.25) is 0 Å². The minimum atomic E-state index is 0.346. The third kappa shape index (κ3) is 8.07. The van der Waals surface area contributed by atoms with Crippen molar-refractivity contribution in [3.8, 4) is 23.0 Å². The van der Waals surface area contributed by atoms with E-state index in [-0.39, 0.29) is 0 Å². The van der Waals surface area contributed by atoms with Crippen molar-refractivity contribution in [3.63, 3.8) is 0 Å². The van der Waals surface area contributed by atoms with Gasteiger partial charge in [0.25, 0.3) is 0 Å². The number of phenols is 1. The Morgan fingerprint density at radius 3 is 2.45 bits per heavy atom. The molecule has 0 aliphatic heterocycles. The number of phenolic OH excluding ortho intramolecular Hbond substituents is 1. The monoisotopic (exact) mass is 546 g/mol. The molecule has 1 aliphatic carbocycles. The fourth-order valence-electron chi connectivity index (χ4n) is 5.52. The Morgan fingerprint density at radius 2 is 1.70 bits per heavy atom. The first kappa shape index (κ1) is 29.6. The van der Waals surface area contributed by atoms with Crippen LogP contribution in [0, 0.1) is 0 Å².